The zero-order chi connectivity index (χ0) is 24.5. The van der Waals surface area contributed by atoms with E-state index in [-0.39, 0.29) is 5.91 Å². The Morgan fingerprint density at radius 2 is 1.57 bits per heavy atom. The molecule has 5 rings (SSSR count). The Morgan fingerprint density at radius 1 is 0.829 bits per heavy atom. The number of aromatic nitrogens is 2. The van der Waals surface area contributed by atoms with Gasteiger partial charge in [-0.05, 0) is 105 Å². The number of anilines is 3. The van der Waals surface area contributed by atoms with Gasteiger partial charge in [0.05, 0.1) is 5.52 Å². The van der Waals surface area contributed by atoms with Crippen molar-refractivity contribution in [3.63, 3.8) is 0 Å². The Morgan fingerprint density at radius 3 is 2.29 bits per heavy atom. The van der Waals surface area contributed by atoms with Crippen molar-refractivity contribution >= 4 is 45.6 Å². The second kappa shape index (κ2) is 9.28. The van der Waals surface area contributed by atoms with Crippen molar-refractivity contribution in [2.75, 3.05) is 10.6 Å². The van der Waals surface area contributed by atoms with Crippen LogP contribution in [0.1, 0.15) is 27.3 Å². The van der Waals surface area contributed by atoms with E-state index in [1.807, 2.05) is 79.7 Å². The molecule has 0 radical (unpaired) electrons. The molecule has 2 aromatic heterocycles. The molecule has 0 aliphatic heterocycles. The maximum absolute atomic E-state index is 12.9. The minimum absolute atomic E-state index is 0.151. The number of nitrogens with one attached hydrogen (secondary N) is 2. The van der Waals surface area contributed by atoms with E-state index in [9.17, 15) is 4.79 Å². The average molecular weight is 481 g/mol. The van der Waals surface area contributed by atoms with Crippen molar-refractivity contribution < 1.29 is 4.79 Å². The number of halogens is 1. The molecular weight excluding hydrogens is 456 g/mol. The van der Waals surface area contributed by atoms with E-state index in [4.69, 9.17) is 16.6 Å². The minimum Gasteiger partial charge on any atom is -0.340 e. The topological polar surface area (TPSA) is 59.0 Å². The highest BCUT2D eigenvalue weighted by Gasteiger charge is 2.10. The first kappa shape index (κ1) is 22.7. The number of nitrogens with zero attached hydrogens (tertiary/aromatic N) is 2. The number of carbonyl (C=O) groups is 1. The van der Waals surface area contributed by atoms with Crippen LogP contribution in [0.25, 0.3) is 16.6 Å². The van der Waals surface area contributed by atoms with Gasteiger partial charge < -0.3 is 15.2 Å². The molecule has 3 aromatic carbocycles. The van der Waals surface area contributed by atoms with Crippen LogP contribution in [-0.4, -0.2) is 15.5 Å². The highest BCUT2D eigenvalue weighted by atomic mass is 35.5. The van der Waals surface area contributed by atoms with Crippen LogP contribution in [0.3, 0.4) is 0 Å². The van der Waals surface area contributed by atoms with E-state index in [0.717, 1.165) is 50.7 Å². The lowest BCUT2D eigenvalue weighted by molar-refractivity contribution is 0.102. The van der Waals surface area contributed by atoms with Crippen LogP contribution in [0.4, 0.5) is 17.2 Å². The fraction of sp³-hybridized carbons (Fsp3) is 0.103. The zero-order valence-electron chi connectivity index (χ0n) is 19.8. The maximum Gasteiger partial charge on any atom is 0.255 e. The van der Waals surface area contributed by atoms with E-state index < -0.39 is 0 Å². The maximum atomic E-state index is 12.9. The van der Waals surface area contributed by atoms with Gasteiger partial charge in [-0.3, -0.25) is 4.79 Å². The minimum atomic E-state index is -0.151. The third-order valence-electron chi connectivity index (χ3n) is 6.03. The molecule has 0 bridgehead atoms. The number of rotatable bonds is 5. The number of aryl methyl sites for hydroxylation is 3. The van der Waals surface area contributed by atoms with E-state index in [2.05, 4.69) is 41.2 Å². The summed E-state index contributed by atoms with van der Waals surface area (Å²) in [6, 6.07) is 27.1. The second-order valence-electron chi connectivity index (χ2n) is 8.64. The van der Waals surface area contributed by atoms with Crippen LogP contribution in [-0.2, 0) is 0 Å². The van der Waals surface area contributed by atoms with E-state index >= 15 is 0 Å². The predicted molar refractivity (Wildman–Crippen MR) is 144 cm³/mol. The Bertz CT molecular complexity index is 1530. The lowest BCUT2D eigenvalue weighted by Crippen LogP contribution is -2.12. The number of amides is 1. The molecule has 0 saturated carbocycles. The molecule has 0 unspecified atom stereocenters. The van der Waals surface area contributed by atoms with Gasteiger partial charge in [-0.2, -0.15) is 0 Å². The summed E-state index contributed by atoms with van der Waals surface area (Å²) in [5.74, 6) is 0.587. The number of carbonyl (C=O) groups excluding carboxylic acids is 1. The highest BCUT2D eigenvalue weighted by Crippen LogP contribution is 2.26. The first-order valence-electron chi connectivity index (χ1n) is 11.4. The van der Waals surface area contributed by atoms with Gasteiger partial charge in [0.15, 0.2) is 0 Å². The lowest BCUT2D eigenvalue weighted by Gasteiger charge is -2.12. The van der Waals surface area contributed by atoms with Gasteiger partial charge in [0, 0.05) is 44.4 Å². The molecule has 6 heteroatoms. The number of fused-ring (bicyclic) bond motifs is 1. The molecule has 0 spiro atoms. The molecule has 5 aromatic rings. The van der Waals surface area contributed by atoms with Gasteiger partial charge in [-0.15, -0.1) is 0 Å². The summed E-state index contributed by atoms with van der Waals surface area (Å²) >= 11 is 6.09. The van der Waals surface area contributed by atoms with Crippen molar-refractivity contribution in [2.24, 2.45) is 0 Å². The van der Waals surface area contributed by atoms with Crippen molar-refractivity contribution in [1.29, 1.82) is 0 Å². The second-order valence-corrected chi connectivity index (χ2v) is 9.08. The van der Waals surface area contributed by atoms with Crippen LogP contribution in [0.15, 0.2) is 84.9 Å². The molecule has 0 saturated heterocycles. The quantitative estimate of drug-likeness (QED) is 0.272. The molecular formula is C29H25ClN4O. The van der Waals surface area contributed by atoms with Crippen molar-refractivity contribution in [1.82, 2.24) is 9.55 Å². The molecule has 0 fully saturated rings. The van der Waals surface area contributed by atoms with Crippen molar-refractivity contribution in [2.45, 2.75) is 20.8 Å². The molecule has 5 nitrogen and oxygen atoms in total. The molecule has 1 amide bonds. The Labute approximate surface area is 209 Å². The summed E-state index contributed by atoms with van der Waals surface area (Å²) < 4.78 is 2.16. The average Bonchev–Trinajstić information content (AvgIpc) is 3.17. The lowest BCUT2D eigenvalue weighted by atomic mass is 10.1. The third-order valence-corrected chi connectivity index (χ3v) is 6.26. The number of hydrogen-bond donors (Lipinski definition) is 2. The Kier molecular flexibility index (Phi) is 6.01. The van der Waals surface area contributed by atoms with Gasteiger partial charge >= 0.3 is 0 Å². The Balaban J connectivity index is 1.34. The van der Waals surface area contributed by atoms with Crippen LogP contribution in [0, 0.1) is 20.8 Å². The van der Waals surface area contributed by atoms with Crippen LogP contribution in [0.2, 0.25) is 5.02 Å². The molecule has 35 heavy (non-hydrogen) atoms. The first-order chi connectivity index (χ1) is 16.9. The van der Waals surface area contributed by atoms with Crippen LogP contribution < -0.4 is 10.6 Å². The molecule has 174 valence electrons. The molecule has 2 N–H and O–H groups in total. The van der Waals surface area contributed by atoms with E-state index in [1.165, 1.54) is 0 Å². The predicted octanol–water partition coefficient (Wildman–Crippen LogP) is 7.60. The standard InChI is InChI=1S/C29H25ClN4O/c1-18-15-28(31-23-6-4-5-22(30)16-23)33-27-14-11-24(17-26(18)27)32-29(35)21-9-12-25(13-10-21)34-19(2)7-8-20(34)3/h4-17H,1-3H3,(H,31,33)(H,32,35). The van der Waals surface area contributed by atoms with Crippen molar-refractivity contribution in [3.8, 4) is 5.69 Å². The smallest absolute Gasteiger partial charge is 0.255 e. The van der Waals surface area contributed by atoms with Gasteiger partial charge in [0.2, 0.25) is 0 Å². The number of benzene rings is 3. The zero-order valence-corrected chi connectivity index (χ0v) is 20.5. The third kappa shape index (κ3) is 4.77. The van der Waals surface area contributed by atoms with Crippen LogP contribution in [0.5, 0.6) is 0 Å². The summed E-state index contributed by atoms with van der Waals surface area (Å²) in [5, 5.41) is 7.96. The van der Waals surface area contributed by atoms with E-state index in [0.29, 0.717) is 10.6 Å². The van der Waals surface area contributed by atoms with Gasteiger partial charge in [-0.1, -0.05) is 17.7 Å². The summed E-state index contributed by atoms with van der Waals surface area (Å²) in [5.41, 5.74) is 7.46. The molecule has 2 heterocycles. The molecule has 0 atom stereocenters. The number of hydrogen-bond acceptors (Lipinski definition) is 3. The summed E-state index contributed by atoms with van der Waals surface area (Å²) in [6.07, 6.45) is 0. The van der Waals surface area contributed by atoms with Gasteiger partial charge in [-0.25, -0.2) is 4.98 Å². The first-order valence-corrected chi connectivity index (χ1v) is 11.8. The largest absolute Gasteiger partial charge is 0.340 e. The van der Waals surface area contributed by atoms with Crippen LogP contribution >= 0.6 is 11.6 Å². The number of pyridine rings is 1. The molecule has 0 aliphatic rings. The van der Waals surface area contributed by atoms with Gasteiger partial charge in [0.25, 0.3) is 5.91 Å². The SMILES string of the molecule is Cc1cc(Nc2cccc(Cl)c2)nc2ccc(NC(=O)c3ccc(-n4c(C)ccc4C)cc3)cc12. The highest BCUT2D eigenvalue weighted by molar-refractivity contribution is 6.30. The summed E-state index contributed by atoms with van der Waals surface area (Å²) in [6.45, 7) is 6.17. The Hall–Kier alpha value is -4.09. The van der Waals surface area contributed by atoms with E-state index in [1.54, 1.807) is 0 Å². The summed E-state index contributed by atoms with van der Waals surface area (Å²) in [7, 11) is 0. The fourth-order valence-corrected chi connectivity index (χ4v) is 4.48. The summed E-state index contributed by atoms with van der Waals surface area (Å²) in [4.78, 5) is 17.6. The monoisotopic (exact) mass is 480 g/mol. The fourth-order valence-electron chi connectivity index (χ4n) is 4.29. The normalized spacial score (nSPS) is 11.0. The van der Waals surface area contributed by atoms with Crippen molar-refractivity contribution in [3.05, 3.63) is 112 Å². The molecule has 0 aliphatic carbocycles. The van der Waals surface area contributed by atoms with Gasteiger partial charge in [0.1, 0.15) is 5.82 Å².